The van der Waals surface area contributed by atoms with Crippen molar-refractivity contribution in [1.29, 1.82) is 0 Å². The van der Waals surface area contributed by atoms with Gasteiger partial charge in [0.1, 0.15) is 17.1 Å². The van der Waals surface area contributed by atoms with Crippen molar-refractivity contribution in [3.05, 3.63) is 63.1 Å². The van der Waals surface area contributed by atoms with E-state index in [0.29, 0.717) is 40.2 Å². The van der Waals surface area contributed by atoms with E-state index in [1.165, 1.54) is 19.4 Å². The molecule has 38 heavy (non-hydrogen) atoms. The number of nitrogens with one attached hydrogen (secondary N) is 2. The van der Waals surface area contributed by atoms with E-state index in [-0.39, 0.29) is 17.2 Å². The van der Waals surface area contributed by atoms with Gasteiger partial charge in [-0.15, -0.1) is 0 Å². The van der Waals surface area contributed by atoms with Gasteiger partial charge in [0.2, 0.25) is 5.95 Å². The van der Waals surface area contributed by atoms with Crippen LogP contribution in [0.25, 0.3) is 32.8 Å². The van der Waals surface area contributed by atoms with Crippen molar-refractivity contribution < 1.29 is 9.66 Å². The summed E-state index contributed by atoms with van der Waals surface area (Å²) in [7, 11) is 9.07. The number of hydrogen-bond donors (Lipinski definition) is 2. The minimum Gasteiger partial charge on any atom is -0.494 e. The van der Waals surface area contributed by atoms with Crippen LogP contribution in [0, 0.1) is 10.1 Å². The lowest BCUT2D eigenvalue weighted by Crippen LogP contribution is -2.28. The summed E-state index contributed by atoms with van der Waals surface area (Å²) in [6.07, 6.45) is 1.45. The van der Waals surface area contributed by atoms with Crippen LogP contribution in [0.4, 0.5) is 23.0 Å². The zero-order valence-electron chi connectivity index (χ0n) is 21.8. The maximum absolute atomic E-state index is 12.8. The molecule has 12 nitrogen and oxygen atoms in total. The summed E-state index contributed by atoms with van der Waals surface area (Å²) in [6, 6.07) is 10.9. The molecule has 12 heteroatoms. The fraction of sp³-hybridized carbons (Fsp3) is 0.269. The Morgan fingerprint density at radius 2 is 1.92 bits per heavy atom. The summed E-state index contributed by atoms with van der Waals surface area (Å²) in [4.78, 5) is 40.2. The number of H-pyrrole nitrogens is 1. The normalized spacial score (nSPS) is 11.5. The first-order valence-electron chi connectivity index (χ1n) is 11.9. The highest BCUT2D eigenvalue weighted by molar-refractivity contribution is 6.17. The average molecular weight is 517 g/mol. The van der Waals surface area contributed by atoms with Crippen molar-refractivity contribution in [1.82, 2.24) is 24.4 Å². The number of aromatic amines is 1. The number of ether oxygens (including phenoxy) is 1. The van der Waals surface area contributed by atoms with Gasteiger partial charge < -0.3 is 29.4 Å². The molecule has 0 radical (unpaired) electrons. The van der Waals surface area contributed by atoms with Crippen LogP contribution in [0.3, 0.4) is 0 Å². The van der Waals surface area contributed by atoms with Crippen molar-refractivity contribution >= 4 is 55.8 Å². The van der Waals surface area contributed by atoms with E-state index in [1.807, 2.05) is 59.8 Å². The minimum atomic E-state index is -0.424. The lowest BCUT2D eigenvalue weighted by molar-refractivity contribution is -0.384. The number of hydrogen-bond acceptors (Lipinski definition) is 9. The molecule has 0 spiro atoms. The predicted octanol–water partition coefficient (Wildman–Crippen LogP) is 3.62. The van der Waals surface area contributed by atoms with E-state index in [0.717, 1.165) is 22.8 Å². The Hall–Kier alpha value is -4.71. The monoisotopic (exact) mass is 516 g/mol. The molecule has 3 heterocycles. The van der Waals surface area contributed by atoms with Crippen LogP contribution in [-0.4, -0.2) is 70.7 Å². The van der Waals surface area contributed by atoms with Gasteiger partial charge in [0.15, 0.2) is 0 Å². The summed E-state index contributed by atoms with van der Waals surface area (Å²) < 4.78 is 7.49. The second kappa shape index (κ2) is 9.63. The largest absolute Gasteiger partial charge is 0.494 e. The fourth-order valence-corrected chi connectivity index (χ4v) is 4.62. The van der Waals surface area contributed by atoms with Gasteiger partial charge in [-0.3, -0.25) is 14.9 Å². The summed E-state index contributed by atoms with van der Waals surface area (Å²) >= 11 is 0. The number of fused-ring (bicyclic) bond motifs is 5. The summed E-state index contributed by atoms with van der Waals surface area (Å²) in [5, 5.41) is 17.1. The van der Waals surface area contributed by atoms with Gasteiger partial charge in [0.05, 0.1) is 39.5 Å². The van der Waals surface area contributed by atoms with Crippen LogP contribution in [0.5, 0.6) is 5.75 Å². The third-order valence-corrected chi connectivity index (χ3v) is 6.64. The third kappa shape index (κ3) is 4.24. The number of aromatic nitrogens is 4. The number of anilines is 3. The molecule has 3 aromatic heterocycles. The highest BCUT2D eigenvalue weighted by Gasteiger charge is 2.23. The number of methoxy groups -OCH3 is 1. The molecule has 0 aliphatic carbocycles. The van der Waals surface area contributed by atoms with E-state index in [2.05, 4.69) is 20.3 Å². The molecular weight excluding hydrogens is 488 g/mol. The van der Waals surface area contributed by atoms with E-state index in [9.17, 15) is 14.9 Å². The van der Waals surface area contributed by atoms with Crippen molar-refractivity contribution in [3.63, 3.8) is 0 Å². The number of nitro groups is 1. The lowest BCUT2D eigenvalue weighted by Gasteiger charge is -2.22. The first kappa shape index (κ1) is 25.0. The van der Waals surface area contributed by atoms with Crippen molar-refractivity contribution in [2.45, 2.75) is 0 Å². The number of pyridine rings is 1. The number of nitro benzene ring substituents is 1. The smallest absolute Gasteiger partial charge is 0.294 e. The molecule has 5 rings (SSSR count). The zero-order chi connectivity index (χ0) is 27.1. The first-order chi connectivity index (χ1) is 18.2. The van der Waals surface area contributed by atoms with Crippen molar-refractivity contribution in [2.24, 2.45) is 7.05 Å². The second-order valence-corrected chi connectivity index (χ2v) is 9.36. The lowest BCUT2D eigenvalue weighted by atomic mass is 10.1. The predicted molar refractivity (Wildman–Crippen MR) is 149 cm³/mol. The van der Waals surface area contributed by atoms with Crippen LogP contribution in [0.1, 0.15) is 0 Å². The van der Waals surface area contributed by atoms with E-state index < -0.39 is 4.92 Å². The Morgan fingerprint density at radius 1 is 1.16 bits per heavy atom. The quantitative estimate of drug-likeness (QED) is 0.234. The van der Waals surface area contributed by atoms with E-state index >= 15 is 0 Å². The number of nitrogens with zero attached hydrogens (tertiary/aromatic N) is 6. The molecule has 0 atom stereocenters. The first-order valence-corrected chi connectivity index (χ1v) is 11.9. The van der Waals surface area contributed by atoms with Gasteiger partial charge in [-0.2, -0.15) is 0 Å². The number of aryl methyl sites for hydroxylation is 1. The van der Waals surface area contributed by atoms with Crippen LogP contribution in [0.15, 0.2) is 47.4 Å². The molecule has 0 bridgehead atoms. The third-order valence-electron chi connectivity index (χ3n) is 6.64. The van der Waals surface area contributed by atoms with Gasteiger partial charge >= 0.3 is 0 Å². The van der Waals surface area contributed by atoms with Crippen LogP contribution < -0.4 is 20.5 Å². The van der Waals surface area contributed by atoms with Gasteiger partial charge in [0, 0.05) is 50.9 Å². The molecule has 196 valence electrons. The molecule has 0 amide bonds. The Bertz CT molecular complexity index is 1760. The highest BCUT2D eigenvalue weighted by Crippen LogP contribution is 2.39. The van der Waals surface area contributed by atoms with E-state index in [4.69, 9.17) is 4.74 Å². The molecule has 0 aliphatic heterocycles. The standard InChI is InChI=1S/C26H28N8O4/c1-31(2)10-11-32(3)19-13-21(38-5)17(12-20(19)34(36)37)28-26-27-14-16-23(29-26)22-15-8-6-7-9-18(15)33(4)24(22)30-25(16)35/h6-9,12-14H,10-11H2,1-5H3,(H,30,35)(H,27,28,29). The zero-order valence-corrected chi connectivity index (χ0v) is 21.8. The number of benzene rings is 2. The molecular formula is C26H28N8O4. The van der Waals surface area contributed by atoms with Crippen molar-refractivity contribution in [2.75, 3.05) is 51.6 Å². The summed E-state index contributed by atoms with van der Waals surface area (Å²) in [5.74, 6) is 0.575. The molecule has 5 aromatic rings. The molecule has 0 aliphatic rings. The highest BCUT2D eigenvalue weighted by atomic mass is 16.6. The molecule has 2 N–H and O–H groups in total. The Kier molecular flexibility index (Phi) is 6.33. The fourth-order valence-electron chi connectivity index (χ4n) is 4.62. The molecule has 2 aromatic carbocycles. The number of para-hydroxylation sites is 1. The Balaban J connectivity index is 1.63. The Morgan fingerprint density at radius 3 is 2.63 bits per heavy atom. The van der Waals surface area contributed by atoms with Gasteiger partial charge in [-0.1, -0.05) is 18.2 Å². The van der Waals surface area contributed by atoms with Gasteiger partial charge in [0.25, 0.3) is 11.2 Å². The molecule has 0 fully saturated rings. The maximum Gasteiger partial charge on any atom is 0.294 e. The van der Waals surface area contributed by atoms with Gasteiger partial charge in [-0.25, -0.2) is 9.97 Å². The van der Waals surface area contributed by atoms with Crippen molar-refractivity contribution in [3.8, 4) is 5.75 Å². The average Bonchev–Trinajstić information content (AvgIpc) is 3.18. The molecule has 0 saturated heterocycles. The van der Waals surface area contributed by atoms with E-state index in [1.54, 1.807) is 13.1 Å². The maximum atomic E-state index is 12.8. The topological polar surface area (TPSA) is 134 Å². The summed E-state index contributed by atoms with van der Waals surface area (Å²) in [6.45, 7) is 1.32. The second-order valence-electron chi connectivity index (χ2n) is 9.36. The molecule has 0 unspecified atom stereocenters. The number of likely N-dealkylation sites (N-methyl/N-ethyl adjacent to an activating group) is 2. The minimum absolute atomic E-state index is 0.0803. The molecule has 0 saturated carbocycles. The number of rotatable bonds is 8. The van der Waals surface area contributed by atoms with Gasteiger partial charge in [-0.05, 0) is 20.2 Å². The summed E-state index contributed by atoms with van der Waals surface area (Å²) in [5.41, 5.74) is 2.46. The van der Waals surface area contributed by atoms with Crippen LogP contribution >= 0.6 is 0 Å². The van der Waals surface area contributed by atoms with Crippen LogP contribution in [-0.2, 0) is 7.05 Å². The Labute approximate surface area is 217 Å². The SMILES string of the molecule is COc1cc(N(C)CCN(C)C)c([N+](=O)[O-])cc1Nc1ncc2c(=O)[nH]c3c(c4ccccc4n3C)c2n1. The van der Waals surface area contributed by atoms with Crippen LogP contribution in [0.2, 0.25) is 0 Å².